The summed E-state index contributed by atoms with van der Waals surface area (Å²) in [6, 6.07) is 6.47. The highest BCUT2D eigenvalue weighted by Crippen LogP contribution is 2.16. The van der Waals surface area contributed by atoms with Crippen LogP contribution in [0.1, 0.15) is 32.3 Å². The predicted octanol–water partition coefficient (Wildman–Crippen LogP) is 2.49. The lowest BCUT2D eigenvalue weighted by Gasteiger charge is -2.13. The molecule has 0 saturated heterocycles. The van der Waals surface area contributed by atoms with Gasteiger partial charge in [0, 0.05) is 5.69 Å². The maximum atomic E-state index is 11.6. The molecule has 0 aromatic heterocycles. The van der Waals surface area contributed by atoms with E-state index in [1.54, 1.807) is 6.92 Å². The van der Waals surface area contributed by atoms with Crippen molar-refractivity contribution < 1.29 is 14.3 Å². The first-order chi connectivity index (χ1) is 8.93. The minimum Gasteiger partial charge on any atom is -0.467 e. The molecule has 104 valence electrons. The molecule has 2 amide bonds. The molecule has 0 radical (unpaired) electrons. The Morgan fingerprint density at radius 3 is 2.16 bits per heavy atom. The van der Waals surface area contributed by atoms with Gasteiger partial charge in [-0.1, -0.05) is 26.0 Å². The minimum atomic E-state index is -0.681. The first kappa shape index (κ1) is 15.0. The molecular formula is C14H20N2O3. The molecule has 0 spiro atoms. The Morgan fingerprint density at radius 2 is 1.68 bits per heavy atom. The van der Waals surface area contributed by atoms with Crippen molar-refractivity contribution >= 4 is 17.7 Å². The molecule has 0 aliphatic heterocycles. The Labute approximate surface area is 113 Å². The van der Waals surface area contributed by atoms with E-state index in [4.69, 9.17) is 0 Å². The van der Waals surface area contributed by atoms with Crippen LogP contribution in [0.4, 0.5) is 10.5 Å². The quantitative estimate of drug-likeness (QED) is 0.821. The van der Waals surface area contributed by atoms with Crippen LogP contribution in [0.15, 0.2) is 24.3 Å². The maximum Gasteiger partial charge on any atom is 0.328 e. The molecule has 0 unspecified atom stereocenters. The minimum absolute atomic E-state index is 0.435. The molecular weight excluding hydrogens is 244 g/mol. The van der Waals surface area contributed by atoms with Gasteiger partial charge >= 0.3 is 12.0 Å². The summed E-state index contributed by atoms with van der Waals surface area (Å²) >= 11 is 0. The number of carbonyl (C=O) groups is 2. The van der Waals surface area contributed by atoms with E-state index in [0.29, 0.717) is 11.6 Å². The van der Waals surface area contributed by atoms with Gasteiger partial charge in [-0.3, -0.25) is 0 Å². The average Bonchev–Trinajstić information content (AvgIpc) is 2.38. The van der Waals surface area contributed by atoms with Crippen LogP contribution in [0.25, 0.3) is 0 Å². The van der Waals surface area contributed by atoms with Crippen molar-refractivity contribution in [1.29, 1.82) is 0 Å². The van der Waals surface area contributed by atoms with Crippen molar-refractivity contribution in [2.24, 2.45) is 0 Å². The summed E-state index contributed by atoms with van der Waals surface area (Å²) in [6.07, 6.45) is 0. The van der Waals surface area contributed by atoms with Crippen LogP contribution < -0.4 is 10.6 Å². The standard InChI is InChI=1S/C14H20N2O3/c1-9(2)11-5-7-12(8-6-11)16-14(18)15-10(3)13(17)19-4/h5-10H,1-4H3,(H2,15,16,18)/t10-/m0/s1. The van der Waals surface area contributed by atoms with Gasteiger partial charge < -0.3 is 15.4 Å². The van der Waals surface area contributed by atoms with E-state index in [2.05, 4.69) is 29.2 Å². The van der Waals surface area contributed by atoms with Crippen LogP contribution in [-0.4, -0.2) is 25.2 Å². The Balaban J connectivity index is 2.55. The number of anilines is 1. The summed E-state index contributed by atoms with van der Waals surface area (Å²) in [5.41, 5.74) is 1.88. The Hall–Kier alpha value is -2.04. The molecule has 5 nitrogen and oxygen atoms in total. The van der Waals surface area contributed by atoms with Gasteiger partial charge in [-0.15, -0.1) is 0 Å². The Bertz CT molecular complexity index is 441. The lowest BCUT2D eigenvalue weighted by atomic mass is 10.0. The number of methoxy groups -OCH3 is 1. The molecule has 0 aliphatic carbocycles. The van der Waals surface area contributed by atoms with E-state index < -0.39 is 18.0 Å². The number of carbonyl (C=O) groups excluding carboxylic acids is 2. The fourth-order valence-electron chi connectivity index (χ4n) is 1.55. The lowest BCUT2D eigenvalue weighted by Crippen LogP contribution is -2.41. The summed E-state index contributed by atoms with van der Waals surface area (Å²) in [5, 5.41) is 5.15. The number of amides is 2. The van der Waals surface area contributed by atoms with Crippen molar-refractivity contribution in [3.63, 3.8) is 0 Å². The van der Waals surface area contributed by atoms with Crippen molar-refractivity contribution in [2.45, 2.75) is 32.7 Å². The zero-order valence-electron chi connectivity index (χ0n) is 11.7. The first-order valence-electron chi connectivity index (χ1n) is 6.19. The van der Waals surface area contributed by atoms with E-state index in [9.17, 15) is 9.59 Å². The van der Waals surface area contributed by atoms with E-state index in [1.165, 1.54) is 12.7 Å². The maximum absolute atomic E-state index is 11.6. The van der Waals surface area contributed by atoms with Gasteiger partial charge in [-0.05, 0) is 30.5 Å². The molecule has 1 aromatic rings. The largest absolute Gasteiger partial charge is 0.467 e. The molecule has 2 N–H and O–H groups in total. The monoisotopic (exact) mass is 264 g/mol. The number of hydrogen-bond acceptors (Lipinski definition) is 3. The molecule has 1 rings (SSSR count). The molecule has 5 heteroatoms. The van der Waals surface area contributed by atoms with Crippen LogP contribution in [0.3, 0.4) is 0 Å². The number of hydrogen-bond donors (Lipinski definition) is 2. The summed E-state index contributed by atoms with van der Waals surface area (Å²) in [6.45, 7) is 5.77. The van der Waals surface area contributed by atoms with Crippen LogP contribution >= 0.6 is 0 Å². The summed E-state index contributed by atoms with van der Waals surface area (Å²) in [7, 11) is 1.28. The normalized spacial score (nSPS) is 11.8. The third-order valence-corrected chi connectivity index (χ3v) is 2.74. The molecule has 0 bridgehead atoms. The van der Waals surface area contributed by atoms with Gasteiger partial charge in [0.25, 0.3) is 0 Å². The summed E-state index contributed by atoms with van der Waals surface area (Å²) < 4.78 is 4.52. The van der Waals surface area contributed by atoms with Crippen LogP contribution in [0, 0.1) is 0 Å². The van der Waals surface area contributed by atoms with E-state index in [1.807, 2.05) is 24.3 Å². The van der Waals surface area contributed by atoms with Crippen molar-refractivity contribution in [2.75, 3.05) is 12.4 Å². The lowest BCUT2D eigenvalue weighted by molar-refractivity contribution is -0.142. The third-order valence-electron chi connectivity index (χ3n) is 2.74. The first-order valence-corrected chi connectivity index (χ1v) is 6.19. The average molecular weight is 264 g/mol. The highest BCUT2D eigenvalue weighted by atomic mass is 16.5. The van der Waals surface area contributed by atoms with Gasteiger partial charge in [0.1, 0.15) is 6.04 Å². The zero-order chi connectivity index (χ0) is 14.4. The molecule has 0 heterocycles. The molecule has 0 saturated carbocycles. The molecule has 0 aliphatic rings. The number of benzene rings is 1. The fraction of sp³-hybridized carbons (Fsp3) is 0.429. The fourth-order valence-corrected chi connectivity index (χ4v) is 1.55. The van der Waals surface area contributed by atoms with E-state index >= 15 is 0 Å². The smallest absolute Gasteiger partial charge is 0.328 e. The van der Waals surface area contributed by atoms with Crippen molar-refractivity contribution in [1.82, 2.24) is 5.32 Å². The van der Waals surface area contributed by atoms with E-state index in [-0.39, 0.29) is 0 Å². The third kappa shape index (κ3) is 4.62. The second-order valence-corrected chi connectivity index (χ2v) is 4.62. The Morgan fingerprint density at radius 1 is 1.11 bits per heavy atom. The number of esters is 1. The molecule has 1 aromatic carbocycles. The summed E-state index contributed by atoms with van der Waals surface area (Å²) in [5.74, 6) is -0.0347. The second kappa shape index (κ2) is 6.78. The molecule has 0 fully saturated rings. The highest BCUT2D eigenvalue weighted by molar-refractivity contribution is 5.92. The van der Waals surface area contributed by atoms with Crippen molar-refractivity contribution in [3.05, 3.63) is 29.8 Å². The number of urea groups is 1. The molecule has 19 heavy (non-hydrogen) atoms. The predicted molar refractivity (Wildman–Crippen MR) is 74.2 cm³/mol. The van der Waals surface area contributed by atoms with Gasteiger partial charge in [0.15, 0.2) is 0 Å². The van der Waals surface area contributed by atoms with Gasteiger partial charge in [0.05, 0.1) is 7.11 Å². The van der Waals surface area contributed by atoms with Gasteiger partial charge in [0.2, 0.25) is 0 Å². The zero-order valence-corrected chi connectivity index (χ0v) is 11.7. The van der Waals surface area contributed by atoms with Gasteiger partial charge in [-0.25, -0.2) is 9.59 Å². The number of nitrogens with one attached hydrogen (secondary N) is 2. The van der Waals surface area contributed by atoms with Crippen molar-refractivity contribution in [3.8, 4) is 0 Å². The molecule has 1 atom stereocenters. The van der Waals surface area contributed by atoms with Gasteiger partial charge in [-0.2, -0.15) is 0 Å². The van der Waals surface area contributed by atoms with Crippen LogP contribution in [0.2, 0.25) is 0 Å². The Kier molecular flexibility index (Phi) is 5.36. The summed E-state index contributed by atoms with van der Waals surface area (Å²) in [4.78, 5) is 22.8. The van der Waals surface area contributed by atoms with Crippen LogP contribution in [-0.2, 0) is 9.53 Å². The number of ether oxygens (including phenoxy) is 1. The van der Waals surface area contributed by atoms with E-state index in [0.717, 1.165) is 0 Å². The SMILES string of the molecule is COC(=O)[C@H](C)NC(=O)Nc1ccc(C(C)C)cc1. The highest BCUT2D eigenvalue weighted by Gasteiger charge is 2.15. The topological polar surface area (TPSA) is 67.4 Å². The number of rotatable bonds is 4. The van der Waals surface area contributed by atoms with Crippen LogP contribution in [0.5, 0.6) is 0 Å². The second-order valence-electron chi connectivity index (χ2n) is 4.62.